The molecule has 7 nitrogen and oxygen atoms in total. The van der Waals surface area contributed by atoms with Crippen LogP contribution in [-0.4, -0.2) is 71.1 Å². The molecule has 1 unspecified atom stereocenters. The number of hydrogen-bond acceptors (Lipinski definition) is 5. The highest BCUT2D eigenvalue weighted by Gasteiger charge is 2.25. The molecule has 2 N–H and O–H groups in total. The summed E-state index contributed by atoms with van der Waals surface area (Å²) in [5.74, 6) is 0.794. The van der Waals surface area contributed by atoms with Gasteiger partial charge in [0.25, 0.3) is 10.2 Å². The second-order valence-corrected chi connectivity index (χ2v) is 8.28. The Morgan fingerprint density at radius 3 is 2.24 bits per heavy atom. The fraction of sp³-hybridized carbons (Fsp3) is 0.647. The van der Waals surface area contributed by atoms with Crippen LogP contribution in [0.15, 0.2) is 24.3 Å². The zero-order chi connectivity index (χ0) is 18.4. The molecule has 0 radical (unpaired) electrons. The van der Waals surface area contributed by atoms with Gasteiger partial charge in [0.15, 0.2) is 0 Å². The first-order chi connectivity index (χ1) is 11.8. The van der Waals surface area contributed by atoms with Gasteiger partial charge in [-0.2, -0.15) is 13.1 Å². The highest BCUT2D eigenvalue weighted by Crippen LogP contribution is 2.24. The van der Waals surface area contributed by atoms with E-state index >= 15 is 0 Å². The molecular formula is C17H30N4O3S. The minimum absolute atomic E-state index is 0.0108. The van der Waals surface area contributed by atoms with E-state index < -0.39 is 10.2 Å². The van der Waals surface area contributed by atoms with Gasteiger partial charge in [0, 0.05) is 44.8 Å². The van der Waals surface area contributed by atoms with Crippen molar-refractivity contribution in [3.63, 3.8) is 0 Å². The number of methoxy groups -OCH3 is 1. The Balaban J connectivity index is 2.13. The second-order valence-electron chi connectivity index (χ2n) is 6.75. The second kappa shape index (κ2) is 8.95. The molecule has 8 heteroatoms. The first-order valence-electron chi connectivity index (χ1n) is 8.64. The van der Waals surface area contributed by atoms with Gasteiger partial charge in [0.1, 0.15) is 5.75 Å². The number of nitrogens with one attached hydrogen (secondary N) is 2. The van der Waals surface area contributed by atoms with Gasteiger partial charge in [-0.3, -0.25) is 4.90 Å². The minimum atomic E-state index is -3.51. The maximum absolute atomic E-state index is 12.1. The van der Waals surface area contributed by atoms with Gasteiger partial charge in [-0.25, -0.2) is 4.72 Å². The van der Waals surface area contributed by atoms with E-state index in [1.54, 1.807) is 21.0 Å². The predicted octanol–water partition coefficient (Wildman–Crippen LogP) is 0.816. The van der Waals surface area contributed by atoms with Crippen molar-refractivity contribution in [1.29, 1.82) is 0 Å². The summed E-state index contributed by atoms with van der Waals surface area (Å²) in [5.41, 5.74) is 1.08. The van der Waals surface area contributed by atoms with Crippen molar-refractivity contribution in [3.05, 3.63) is 29.8 Å². The van der Waals surface area contributed by atoms with Crippen LogP contribution in [0.5, 0.6) is 5.75 Å². The summed E-state index contributed by atoms with van der Waals surface area (Å²) in [5, 5.41) is 0. The van der Waals surface area contributed by atoms with Crippen molar-refractivity contribution in [3.8, 4) is 5.75 Å². The largest absolute Gasteiger partial charge is 0.497 e. The molecule has 0 amide bonds. The molecule has 1 heterocycles. The zero-order valence-corrected chi connectivity index (χ0v) is 16.3. The molecule has 1 aliphatic heterocycles. The van der Waals surface area contributed by atoms with Crippen molar-refractivity contribution in [2.24, 2.45) is 0 Å². The van der Waals surface area contributed by atoms with Crippen LogP contribution in [0.3, 0.4) is 0 Å². The number of piperazine rings is 1. The fourth-order valence-electron chi connectivity index (χ4n) is 2.96. The summed E-state index contributed by atoms with van der Waals surface area (Å²) < 4.78 is 34.8. The molecule has 2 rings (SSSR count). The van der Waals surface area contributed by atoms with Crippen molar-refractivity contribution in [1.82, 2.24) is 19.2 Å². The van der Waals surface area contributed by atoms with E-state index in [4.69, 9.17) is 4.74 Å². The quantitative estimate of drug-likeness (QED) is 0.709. The summed E-state index contributed by atoms with van der Waals surface area (Å²) >= 11 is 0. The highest BCUT2D eigenvalue weighted by molar-refractivity contribution is 7.87. The van der Waals surface area contributed by atoms with E-state index in [-0.39, 0.29) is 12.1 Å². The standard InChI is InChI=1S/C17H30N4O3S/c1-14(2)19-25(22,23)18-13-17(21-11-9-20(3)10-12-21)15-5-7-16(24-4)8-6-15/h5-8,14,17-19H,9-13H2,1-4H3. The van der Waals surface area contributed by atoms with Gasteiger partial charge in [-0.15, -0.1) is 0 Å². The minimum Gasteiger partial charge on any atom is -0.497 e. The van der Waals surface area contributed by atoms with E-state index in [1.165, 1.54) is 0 Å². The molecule has 0 saturated carbocycles. The van der Waals surface area contributed by atoms with E-state index in [9.17, 15) is 8.42 Å². The Morgan fingerprint density at radius 2 is 1.72 bits per heavy atom. The van der Waals surface area contributed by atoms with Gasteiger partial charge in [-0.05, 0) is 38.6 Å². The molecule has 1 atom stereocenters. The molecule has 1 aromatic carbocycles. The normalized spacial score (nSPS) is 18.4. The molecule has 0 aromatic heterocycles. The van der Waals surface area contributed by atoms with Crippen LogP contribution in [0.25, 0.3) is 0 Å². The van der Waals surface area contributed by atoms with E-state index in [2.05, 4.69) is 26.3 Å². The first-order valence-corrected chi connectivity index (χ1v) is 10.1. The SMILES string of the molecule is COc1ccc(C(CNS(=O)(=O)NC(C)C)N2CCN(C)CC2)cc1. The number of nitrogens with zero attached hydrogens (tertiary/aromatic N) is 2. The summed E-state index contributed by atoms with van der Waals surface area (Å²) in [7, 11) is 0.236. The maximum Gasteiger partial charge on any atom is 0.277 e. The third-order valence-corrected chi connectivity index (χ3v) is 5.67. The van der Waals surface area contributed by atoms with E-state index in [1.807, 2.05) is 24.3 Å². The molecule has 0 bridgehead atoms. The Labute approximate surface area is 151 Å². The summed E-state index contributed by atoms with van der Waals surface area (Å²) in [6.07, 6.45) is 0. The lowest BCUT2D eigenvalue weighted by Crippen LogP contribution is -2.50. The number of likely N-dealkylation sites (N-methyl/N-ethyl adjacent to an activating group) is 1. The van der Waals surface area contributed by atoms with E-state index in [0.717, 1.165) is 37.5 Å². The first kappa shape index (κ1) is 20.1. The molecule has 0 spiro atoms. The molecule has 1 aromatic rings. The summed E-state index contributed by atoms with van der Waals surface area (Å²) in [6.45, 7) is 7.71. The molecule has 1 saturated heterocycles. The third-order valence-electron chi connectivity index (χ3n) is 4.34. The Bertz CT molecular complexity index is 626. The number of rotatable bonds is 8. The Kier molecular flexibility index (Phi) is 7.21. The van der Waals surface area contributed by atoms with Gasteiger partial charge in [0.05, 0.1) is 7.11 Å². The van der Waals surface area contributed by atoms with Crippen molar-refractivity contribution in [2.75, 3.05) is 46.9 Å². The van der Waals surface area contributed by atoms with Crippen LogP contribution < -0.4 is 14.2 Å². The average molecular weight is 371 g/mol. The van der Waals surface area contributed by atoms with Gasteiger partial charge in [-0.1, -0.05) is 12.1 Å². The predicted molar refractivity (Wildman–Crippen MR) is 100.0 cm³/mol. The molecular weight excluding hydrogens is 340 g/mol. The lowest BCUT2D eigenvalue weighted by Gasteiger charge is -2.38. The van der Waals surface area contributed by atoms with Crippen LogP contribution in [-0.2, 0) is 10.2 Å². The molecule has 142 valence electrons. The summed E-state index contributed by atoms with van der Waals surface area (Å²) in [4.78, 5) is 4.62. The van der Waals surface area contributed by atoms with Crippen LogP contribution in [0, 0.1) is 0 Å². The van der Waals surface area contributed by atoms with Gasteiger partial charge < -0.3 is 9.64 Å². The van der Waals surface area contributed by atoms with E-state index in [0.29, 0.717) is 6.54 Å². The smallest absolute Gasteiger partial charge is 0.277 e. The molecule has 1 aliphatic rings. The lowest BCUT2D eigenvalue weighted by atomic mass is 10.0. The summed E-state index contributed by atoms with van der Waals surface area (Å²) in [6, 6.07) is 7.69. The van der Waals surface area contributed by atoms with Crippen molar-refractivity contribution in [2.45, 2.75) is 25.9 Å². The van der Waals surface area contributed by atoms with Gasteiger partial charge in [0.2, 0.25) is 0 Å². The van der Waals surface area contributed by atoms with Crippen molar-refractivity contribution < 1.29 is 13.2 Å². The van der Waals surface area contributed by atoms with Crippen LogP contribution in [0.4, 0.5) is 0 Å². The number of ether oxygens (including phenoxy) is 1. The monoisotopic (exact) mass is 370 g/mol. The van der Waals surface area contributed by atoms with Crippen LogP contribution >= 0.6 is 0 Å². The van der Waals surface area contributed by atoms with Gasteiger partial charge >= 0.3 is 0 Å². The third kappa shape index (κ3) is 6.23. The highest BCUT2D eigenvalue weighted by atomic mass is 32.2. The number of benzene rings is 1. The zero-order valence-electron chi connectivity index (χ0n) is 15.5. The fourth-order valence-corrected chi connectivity index (χ4v) is 4.04. The molecule has 25 heavy (non-hydrogen) atoms. The van der Waals surface area contributed by atoms with Crippen LogP contribution in [0.1, 0.15) is 25.5 Å². The maximum atomic E-state index is 12.1. The Hall–Kier alpha value is -1.19. The lowest BCUT2D eigenvalue weighted by molar-refractivity contribution is 0.113. The average Bonchev–Trinajstić information content (AvgIpc) is 2.56. The molecule has 0 aliphatic carbocycles. The topological polar surface area (TPSA) is 73.9 Å². The number of hydrogen-bond donors (Lipinski definition) is 2. The molecule has 1 fully saturated rings. The van der Waals surface area contributed by atoms with Crippen molar-refractivity contribution >= 4 is 10.2 Å². The Morgan fingerprint density at radius 1 is 1.12 bits per heavy atom. The van der Waals surface area contributed by atoms with Crippen LogP contribution in [0.2, 0.25) is 0 Å².